The molecule has 408 valence electrons. The van der Waals surface area contributed by atoms with Crippen LogP contribution < -0.4 is 20.1 Å². The van der Waals surface area contributed by atoms with Crippen LogP contribution in [-0.4, -0.2) is 68.5 Å². The van der Waals surface area contributed by atoms with E-state index >= 15 is 0 Å². The molecule has 3 N–H and O–H groups in total. The Balaban J connectivity index is 0.000000226. The van der Waals surface area contributed by atoms with Gasteiger partial charge in [0.05, 0.1) is 17.0 Å². The zero-order valence-corrected chi connectivity index (χ0v) is 47.2. The number of methoxy groups -OCH3 is 1. The van der Waals surface area contributed by atoms with Gasteiger partial charge in [0, 0.05) is 44.5 Å². The molecule has 2 aliphatic carbocycles. The van der Waals surface area contributed by atoms with Gasteiger partial charge < -0.3 is 39.4 Å². The third-order valence-corrected chi connectivity index (χ3v) is 14.6. The van der Waals surface area contributed by atoms with Crippen molar-refractivity contribution in [3.63, 3.8) is 0 Å². The van der Waals surface area contributed by atoms with Crippen molar-refractivity contribution in [3.05, 3.63) is 173 Å². The lowest BCUT2D eigenvalue weighted by atomic mass is 9.70. The largest absolute Gasteiger partial charge is 0.479 e. The van der Waals surface area contributed by atoms with E-state index in [0.29, 0.717) is 53.0 Å². The summed E-state index contributed by atoms with van der Waals surface area (Å²) in [5.41, 5.74) is 0.952. The Morgan fingerprint density at radius 1 is 0.615 bits per heavy atom. The van der Waals surface area contributed by atoms with Crippen molar-refractivity contribution in [1.82, 2.24) is 10.6 Å². The Hall–Kier alpha value is -7.84. The lowest BCUT2D eigenvalue weighted by Crippen LogP contribution is -2.60. The Labute approximate surface area is 467 Å². The number of carbonyl (C=O) groups excluding carboxylic acids is 3. The number of nitro benzene ring substituents is 2. The number of carbonyl (C=O) groups is 4. The maximum Gasteiger partial charge on any atom is 0.408 e. The predicted octanol–water partition coefficient (Wildman–Crippen LogP) is 14.0. The number of halogens is 2. The highest BCUT2D eigenvalue weighted by molar-refractivity contribution is 9.11. The zero-order valence-electron chi connectivity index (χ0n) is 44.1. The lowest BCUT2D eigenvalue weighted by Gasteiger charge is -2.41. The average molecular weight is 1190 g/mol. The van der Waals surface area contributed by atoms with E-state index in [1.54, 1.807) is 97.0 Å². The van der Waals surface area contributed by atoms with Gasteiger partial charge in [0.15, 0.2) is 0 Å². The van der Waals surface area contributed by atoms with Gasteiger partial charge >= 0.3 is 35.5 Å². The number of aryl methyl sites for hydroxylation is 2. The first kappa shape index (κ1) is 57.9. The molecule has 0 saturated carbocycles. The predicted molar refractivity (Wildman–Crippen MR) is 298 cm³/mol. The highest BCUT2D eigenvalue weighted by atomic mass is 79.9. The van der Waals surface area contributed by atoms with Crippen molar-refractivity contribution in [2.75, 3.05) is 7.11 Å². The number of fused-ring (bicyclic) bond motifs is 2. The molecule has 18 nitrogen and oxygen atoms in total. The molecule has 0 heterocycles. The highest BCUT2D eigenvalue weighted by Gasteiger charge is 2.50. The summed E-state index contributed by atoms with van der Waals surface area (Å²) in [7, 11) is 1.27. The molecule has 8 rings (SSSR count). The van der Waals surface area contributed by atoms with E-state index in [4.69, 9.17) is 23.7 Å². The Kier molecular flexibility index (Phi) is 17.4. The summed E-state index contributed by atoms with van der Waals surface area (Å²) in [6.45, 7) is 12.0. The summed E-state index contributed by atoms with van der Waals surface area (Å²) in [6.07, 6.45) is -0.00895. The Morgan fingerprint density at radius 2 is 1.08 bits per heavy atom. The van der Waals surface area contributed by atoms with Crippen LogP contribution >= 0.6 is 31.9 Å². The summed E-state index contributed by atoms with van der Waals surface area (Å²) in [5, 5.41) is 39.4. The smallest absolute Gasteiger partial charge is 0.408 e. The SMILES string of the molecule is CC1c2cc(Oc3c(-c4ccccc4Br)cccc3[N+](=O)[O-])ccc2CCC1(NC(=O)OC(C)(C)C)C(=O)O.COC(=O)C1(NC(=O)OC(C)(C)C)CCc2ccc(Oc3c(-c4ccccc4Br)cccc3[N+](=O)[O-])cc2C1. The zero-order chi connectivity index (χ0) is 56.9. The van der Waals surface area contributed by atoms with Crippen molar-refractivity contribution in [2.24, 2.45) is 0 Å². The van der Waals surface area contributed by atoms with Crippen molar-refractivity contribution >= 4 is 67.4 Å². The average Bonchev–Trinajstić information content (AvgIpc) is 3.44. The molecule has 3 unspecified atom stereocenters. The first-order valence-electron chi connectivity index (χ1n) is 24.7. The van der Waals surface area contributed by atoms with Gasteiger partial charge in [0.1, 0.15) is 33.8 Å². The fraction of sp³-hybridized carbons (Fsp3) is 0.310. The molecule has 78 heavy (non-hydrogen) atoms. The number of benzene rings is 6. The van der Waals surface area contributed by atoms with Crippen LogP contribution in [0, 0.1) is 20.2 Å². The molecule has 0 bridgehead atoms. The molecule has 6 aromatic carbocycles. The number of hydrogen-bond acceptors (Lipinski definition) is 13. The number of alkyl carbamates (subject to hydrolysis) is 2. The lowest BCUT2D eigenvalue weighted by molar-refractivity contribution is -0.385. The van der Waals surface area contributed by atoms with E-state index in [1.165, 1.54) is 19.2 Å². The third kappa shape index (κ3) is 13.1. The second-order valence-electron chi connectivity index (χ2n) is 20.8. The van der Waals surface area contributed by atoms with E-state index in [1.807, 2.05) is 60.7 Å². The summed E-state index contributed by atoms with van der Waals surface area (Å²) in [5.74, 6) is -1.59. The highest BCUT2D eigenvalue weighted by Crippen LogP contribution is 2.47. The van der Waals surface area contributed by atoms with Gasteiger partial charge in [-0.15, -0.1) is 0 Å². The molecule has 0 aliphatic heterocycles. The minimum atomic E-state index is -1.60. The number of rotatable bonds is 12. The third-order valence-electron chi connectivity index (χ3n) is 13.2. The molecule has 0 fully saturated rings. The molecular weight excluding hydrogens is 1140 g/mol. The molecule has 6 aromatic rings. The van der Waals surface area contributed by atoms with Crippen LogP contribution in [0.3, 0.4) is 0 Å². The number of nitrogens with zero attached hydrogens (tertiary/aromatic N) is 2. The topological polar surface area (TPSA) is 245 Å². The first-order valence-corrected chi connectivity index (χ1v) is 26.3. The summed E-state index contributed by atoms with van der Waals surface area (Å²) < 4.78 is 29.7. The van der Waals surface area contributed by atoms with Gasteiger partial charge in [0.25, 0.3) is 0 Å². The molecule has 0 saturated heterocycles. The van der Waals surface area contributed by atoms with Crippen LogP contribution in [-0.2, 0) is 43.1 Å². The summed E-state index contributed by atoms with van der Waals surface area (Å²) >= 11 is 7.03. The molecule has 2 amide bonds. The number of carboxylic acid groups (broad SMARTS) is 1. The maximum absolute atomic E-state index is 12.9. The number of nitrogens with one attached hydrogen (secondary N) is 2. The minimum absolute atomic E-state index is 0.0641. The summed E-state index contributed by atoms with van der Waals surface area (Å²) in [4.78, 5) is 73.6. The number of hydrogen-bond donors (Lipinski definition) is 3. The van der Waals surface area contributed by atoms with E-state index < -0.39 is 62.2 Å². The second-order valence-corrected chi connectivity index (χ2v) is 22.5. The van der Waals surface area contributed by atoms with Gasteiger partial charge in [-0.1, -0.05) is 112 Å². The van der Waals surface area contributed by atoms with Gasteiger partial charge in [0.2, 0.25) is 11.5 Å². The van der Waals surface area contributed by atoms with E-state index in [-0.39, 0.29) is 35.7 Å². The van der Waals surface area contributed by atoms with Crippen molar-refractivity contribution in [3.8, 4) is 45.3 Å². The number of carboxylic acids is 1. The Bertz CT molecular complexity index is 3320. The van der Waals surface area contributed by atoms with Crippen LogP contribution in [0.5, 0.6) is 23.0 Å². The van der Waals surface area contributed by atoms with Crippen LogP contribution in [0.4, 0.5) is 21.0 Å². The van der Waals surface area contributed by atoms with Crippen molar-refractivity contribution < 1.29 is 57.8 Å². The number of ether oxygens (including phenoxy) is 5. The molecule has 3 atom stereocenters. The van der Waals surface area contributed by atoms with Crippen LogP contribution in [0.1, 0.15) is 89.5 Å². The van der Waals surface area contributed by atoms with Gasteiger partial charge in [-0.25, -0.2) is 19.2 Å². The number of esters is 1. The van der Waals surface area contributed by atoms with Crippen LogP contribution in [0.2, 0.25) is 0 Å². The molecule has 0 aromatic heterocycles. The standard InChI is InChI=1S/2C29H29BrN2O7/c1-28(2,3)39-27(34)31-29(26(33)37-4)15-14-18-12-13-20(16-19(18)17-29)38-25-22(9-7-11-24(25)32(35)36)21-8-5-6-10-23(21)30;1-17-22-16-19(13-12-18(22)14-15-29(17,26(33)34)31-27(35)39-28(2,3)4)38-25-21(9-7-11-24(25)32(36)37)20-8-5-6-10-23(20)30/h5-13,16H,14-15,17H2,1-4H3,(H,31,34);5-13,16-17H,14-15H2,1-4H3,(H,31,35)(H,33,34). The number of nitro groups is 2. The molecule has 0 radical (unpaired) electrons. The monoisotopic (exact) mass is 1190 g/mol. The van der Waals surface area contributed by atoms with Crippen LogP contribution in [0.25, 0.3) is 22.3 Å². The van der Waals surface area contributed by atoms with Crippen LogP contribution in [0.15, 0.2) is 130 Å². The Morgan fingerprint density at radius 3 is 1.55 bits per heavy atom. The van der Waals surface area contributed by atoms with Gasteiger partial charge in [-0.3, -0.25) is 20.2 Å². The first-order chi connectivity index (χ1) is 36.7. The number of para-hydroxylation sites is 2. The summed E-state index contributed by atoms with van der Waals surface area (Å²) in [6, 6.07) is 34.8. The number of aliphatic carboxylic acids is 1. The quantitative estimate of drug-likeness (QED) is 0.0447. The molecular formula is C58H58Br2N4O14. The van der Waals surface area contributed by atoms with E-state index in [9.17, 15) is 44.5 Å². The number of amides is 2. The molecule has 0 spiro atoms. The molecule has 20 heteroatoms. The normalized spacial score (nSPS) is 17.5. The fourth-order valence-corrected chi connectivity index (χ4v) is 10.5. The van der Waals surface area contributed by atoms with E-state index in [0.717, 1.165) is 31.2 Å². The second kappa shape index (κ2) is 23.4. The van der Waals surface area contributed by atoms with E-state index in [2.05, 4.69) is 42.5 Å². The fourth-order valence-electron chi connectivity index (χ4n) is 9.52. The van der Waals surface area contributed by atoms with Crippen molar-refractivity contribution in [2.45, 2.75) is 109 Å². The van der Waals surface area contributed by atoms with Crippen molar-refractivity contribution in [1.29, 1.82) is 0 Å². The minimum Gasteiger partial charge on any atom is -0.479 e. The molecule has 2 aliphatic rings. The van der Waals surface area contributed by atoms with Gasteiger partial charge in [-0.2, -0.15) is 0 Å². The van der Waals surface area contributed by atoms with Gasteiger partial charge in [-0.05, 0) is 137 Å². The maximum atomic E-state index is 12.9.